The number of carbonyl (C=O) groups excluding carboxylic acids is 6. The monoisotopic (exact) mass is 1600 g/mol. The number of thioether (sulfide) groups is 3. The van der Waals surface area contributed by atoms with Gasteiger partial charge in [-0.1, -0.05) is 80.6 Å². The van der Waals surface area contributed by atoms with E-state index in [2.05, 4.69) is 0 Å². The summed E-state index contributed by atoms with van der Waals surface area (Å²) in [5, 5.41) is 5.69. The number of hydrogen-bond acceptors (Lipinski definition) is 20. The first-order valence-corrected chi connectivity index (χ1v) is 39.3. The summed E-state index contributed by atoms with van der Waals surface area (Å²) < 4.78 is 134. The summed E-state index contributed by atoms with van der Waals surface area (Å²) >= 11 is 3.93. The molecule has 113 heavy (non-hydrogen) atoms. The number of ketones is 3. The first-order valence-electron chi connectivity index (χ1n) is 36.3. The normalized spacial score (nSPS) is 22.6. The molecule has 3 fully saturated rings. The van der Waals surface area contributed by atoms with Gasteiger partial charge in [-0.2, -0.15) is 0 Å². The molecule has 0 saturated heterocycles. The van der Waals surface area contributed by atoms with Crippen LogP contribution < -0.4 is 45.5 Å². The van der Waals surface area contributed by atoms with Crippen LogP contribution in [0.4, 0.5) is 30.7 Å². The van der Waals surface area contributed by atoms with Crippen molar-refractivity contribution in [2.75, 3.05) is 41.7 Å². The zero-order valence-electron chi connectivity index (χ0n) is 61.3. The van der Waals surface area contributed by atoms with Gasteiger partial charge in [0.25, 0.3) is 0 Å². The molecular formula is C83H69F7N6O14S3. The second-order valence-electron chi connectivity index (χ2n) is 29.5. The standard InChI is InChI=1S/C28H23F3N2O5S.C28H24F2N2O5S.C27H22F2N2O4S/c1-14-10-28(14)12-33(32-9-8-21(35)25(24(32)27(28)36)38-13-37-15(2)34)23-16-6-7-19(29)22(31)18(16)11-39-26-17(23)4-3-5-20(26)30;1-15-11-28(15)13-32(31-10-9-21(34)26(25(31)27(28)35)37-14-36-16(2)33)24-17-7-8-20(29)23(30)19(17)12-38-22-6-4-3-5-18(22)24;1-14-27(10-11-27)26(34)24-25(35-15(2)32)20(33)9-12-30(24)31(14)23-16-7-8-19(28)22(29)18(16)13-36-21-6-4-3-5-17(21)23/h3-9,14,23H,10-13H2,1-2H3;3-10,15,24H,11-14H2,1-2H3;3-9,12,14,23H,10-11,13H2,1-2H3. The van der Waals surface area contributed by atoms with Crippen LogP contribution in [-0.2, 0) is 41.1 Å². The molecule has 6 aliphatic heterocycles. The number of pyridine rings is 3. The van der Waals surface area contributed by atoms with Crippen molar-refractivity contribution in [1.82, 2.24) is 14.0 Å². The van der Waals surface area contributed by atoms with E-state index in [9.17, 15) is 56.3 Å². The maximum absolute atomic E-state index is 15.2. The highest BCUT2D eigenvalue weighted by molar-refractivity contribution is 7.99. The molecule has 0 amide bonds. The summed E-state index contributed by atoms with van der Waals surface area (Å²) in [7, 11) is 0. The highest BCUT2D eigenvalue weighted by atomic mass is 32.2. The van der Waals surface area contributed by atoms with E-state index >= 15 is 17.6 Å². The van der Waals surface area contributed by atoms with Gasteiger partial charge in [0.05, 0.1) is 40.4 Å². The Morgan fingerprint density at radius 1 is 0.425 bits per heavy atom. The average Bonchev–Trinajstić information content (AvgIpc) is 1.61. The van der Waals surface area contributed by atoms with Gasteiger partial charge in [0.2, 0.25) is 35.6 Å². The predicted molar refractivity (Wildman–Crippen MR) is 401 cm³/mol. The lowest BCUT2D eigenvalue weighted by molar-refractivity contribution is -0.148. The SMILES string of the molecule is CC(=O)OCOc1c2n(ccc1=O)N(C1c3ccc(F)c(F)c3CSc3c(F)cccc31)CC1(CC1C)C2=O.CC(=O)OCOc1c2n(ccc1=O)N(C1c3ccccc3SCc3c1ccc(F)c3F)CC1(CC1C)C2=O.CC(=O)Oc1c2n(ccc1=O)N(C1c3ccccc3SCc3c1ccc(F)c3F)C(C)C1(CC1)C2=O. The van der Waals surface area contributed by atoms with Crippen molar-refractivity contribution < 1.29 is 83.2 Å². The molecule has 9 aromatic rings. The number of rotatable bonds is 10. The largest absolute Gasteiger partial charge is 0.451 e. The highest BCUT2D eigenvalue weighted by Gasteiger charge is 2.65. The molecule has 8 atom stereocenters. The number of halogens is 7. The first-order chi connectivity index (χ1) is 54.1. The van der Waals surface area contributed by atoms with Gasteiger partial charge in [-0.15, -0.1) is 35.3 Å². The number of hydrogen-bond donors (Lipinski definition) is 0. The lowest BCUT2D eigenvalue weighted by atomic mass is 9.84. The van der Waals surface area contributed by atoms with E-state index in [0.717, 1.165) is 50.9 Å². The molecule has 9 heterocycles. The van der Waals surface area contributed by atoms with Gasteiger partial charge < -0.3 is 23.7 Å². The number of aromatic nitrogens is 3. The minimum Gasteiger partial charge on any atom is -0.451 e. The molecule has 3 aliphatic carbocycles. The smallest absolute Gasteiger partial charge is 0.308 e. The molecular weight excluding hydrogens is 1530 g/mol. The molecule has 20 nitrogen and oxygen atoms in total. The van der Waals surface area contributed by atoms with Crippen molar-refractivity contribution in [1.29, 1.82) is 0 Å². The number of esters is 3. The number of nitrogens with zero attached hydrogens (tertiary/aromatic N) is 6. The number of benzene rings is 6. The van der Waals surface area contributed by atoms with Crippen LogP contribution in [0.5, 0.6) is 17.2 Å². The molecule has 8 unspecified atom stereocenters. The van der Waals surface area contributed by atoms with E-state index < -0.39 is 123 Å². The Labute approximate surface area is 653 Å². The molecule has 582 valence electrons. The third-order valence-corrected chi connectivity index (χ3v) is 26.5. The second kappa shape index (κ2) is 29.0. The molecule has 30 heteroatoms. The van der Waals surface area contributed by atoms with Crippen molar-refractivity contribution >= 4 is 70.5 Å². The molecule has 3 saturated carbocycles. The third-order valence-electron chi connectivity index (χ3n) is 23.1. The Hall–Kier alpha value is -10.9. The fraction of sp³-hybridized carbons (Fsp3) is 0.313. The Kier molecular flexibility index (Phi) is 19.5. The molecule has 0 radical (unpaired) electrons. The first kappa shape index (κ1) is 76.2. The highest BCUT2D eigenvalue weighted by Crippen LogP contribution is 2.62. The number of Topliss-reactive ketones (excluding diaryl/α,β-unsaturated/α-hetero) is 3. The zero-order valence-corrected chi connectivity index (χ0v) is 63.7. The van der Waals surface area contributed by atoms with E-state index in [1.807, 2.05) is 79.3 Å². The fourth-order valence-electron chi connectivity index (χ4n) is 16.9. The predicted octanol–water partition coefficient (Wildman–Crippen LogP) is 14.1. The van der Waals surface area contributed by atoms with Crippen molar-refractivity contribution in [3.05, 3.63) is 278 Å². The molecule has 18 rings (SSSR count). The van der Waals surface area contributed by atoms with Gasteiger partial charge in [-0.25, -0.2) is 30.7 Å². The molecule has 6 aromatic carbocycles. The maximum Gasteiger partial charge on any atom is 0.308 e. The Bertz CT molecular complexity index is 5780. The molecule has 0 bridgehead atoms. The zero-order chi connectivity index (χ0) is 79.8. The van der Waals surface area contributed by atoms with Gasteiger partial charge in [0, 0.05) is 119 Å². The molecule has 3 spiro atoms. The van der Waals surface area contributed by atoms with E-state index in [4.69, 9.17) is 23.7 Å². The van der Waals surface area contributed by atoms with E-state index in [-0.39, 0.29) is 110 Å². The van der Waals surface area contributed by atoms with Crippen molar-refractivity contribution in [2.24, 2.45) is 28.1 Å². The average molecular weight is 1600 g/mol. The Morgan fingerprint density at radius 2 is 0.814 bits per heavy atom. The summed E-state index contributed by atoms with van der Waals surface area (Å²) in [4.78, 5) is 117. The lowest BCUT2D eigenvalue weighted by Crippen LogP contribution is -2.57. The van der Waals surface area contributed by atoms with Crippen LogP contribution >= 0.6 is 35.3 Å². The summed E-state index contributed by atoms with van der Waals surface area (Å²) in [6.45, 7) is 8.83. The quantitative estimate of drug-likeness (QED) is 0.0705. The summed E-state index contributed by atoms with van der Waals surface area (Å²) in [5.74, 6) is -9.09. The topological polar surface area (TPSA) is 224 Å². The fourth-order valence-corrected chi connectivity index (χ4v) is 20.3. The minimum atomic E-state index is -1.01. The van der Waals surface area contributed by atoms with Gasteiger partial charge in [0.1, 0.15) is 5.82 Å². The van der Waals surface area contributed by atoms with Crippen LogP contribution in [0.3, 0.4) is 0 Å². The van der Waals surface area contributed by atoms with Crippen LogP contribution in [0.1, 0.15) is 167 Å². The summed E-state index contributed by atoms with van der Waals surface area (Å²) in [5.41, 5.74) is 0.469. The van der Waals surface area contributed by atoms with Crippen molar-refractivity contribution in [2.45, 2.75) is 123 Å². The van der Waals surface area contributed by atoms with Gasteiger partial charge in [-0.05, 0) is 114 Å². The van der Waals surface area contributed by atoms with Crippen molar-refractivity contribution in [3.8, 4) is 17.2 Å². The van der Waals surface area contributed by atoms with E-state index in [1.165, 1.54) is 97.9 Å². The van der Waals surface area contributed by atoms with Gasteiger partial charge >= 0.3 is 17.9 Å². The Balaban J connectivity index is 0.000000128. The summed E-state index contributed by atoms with van der Waals surface area (Å²) in [6, 6.07) is 29.3. The van der Waals surface area contributed by atoms with Crippen LogP contribution in [0, 0.1) is 68.8 Å². The van der Waals surface area contributed by atoms with Gasteiger partial charge in [-0.3, -0.25) is 72.2 Å². The summed E-state index contributed by atoms with van der Waals surface area (Å²) in [6.07, 6.45) is 6.80. The van der Waals surface area contributed by atoms with Crippen LogP contribution in [0.2, 0.25) is 0 Å². The van der Waals surface area contributed by atoms with Crippen LogP contribution in [0.25, 0.3) is 0 Å². The van der Waals surface area contributed by atoms with Crippen molar-refractivity contribution in [3.63, 3.8) is 0 Å². The number of fused-ring (bicyclic) bond motifs is 9. The molecule has 0 N–H and O–H groups in total. The lowest BCUT2D eigenvalue weighted by Gasteiger charge is -2.47. The molecule has 3 aromatic heterocycles. The number of carbonyl (C=O) groups is 6. The van der Waals surface area contributed by atoms with Crippen LogP contribution in [0.15, 0.2) is 169 Å². The van der Waals surface area contributed by atoms with Crippen LogP contribution in [-0.4, -0.2) is 82.0 Å². The minimum absolute atomic E-state index is 0.00540. The third kappa shape index (κ3) is 12.8. The van der Waals surface area contributed by atoms with Gasteiger partial charge in [0.15, 0.2) is 80.8 Å². The van der Waals surface area contributed by atoms with E-state index in [1.54, 1.807) is 38.6 Å². The Morgan fingerprint density at radius 3 is 1.26 bits per heavy atom. The molecule has 9 aliphatic rings. The second-order valence-corrected chi connectivity index (χ2v) is 32.5. The number of ether oxygens (including phenoxy) is 5. The maximum atomic E-state index is 15.2. The van der Waals surface area contributed by atoms with E-state index in [0.29, 0.717) is 59.4 Å².